The Balaban J connectivity index is 2.63. The molecule has 0 aliphatic rings. The van der Waals surface area contributed by atoms with Crippen molar-refractivity contribution in [3.05, 3.63) is 58.4 Å². The van der Waals surface area contributed by atoms with Gasteiger partial charge in [-0.05, 0) is 17.2 Å². The molecular weight excluding hydrogens is 259 g/mol. The van der Waals surface area contributed by atoms with Crippen LogP contribution in [0.5, 0.6) is 11.5 Å². The van der Waals surface area contributed by atoms with Crippen molar-refractivity contribution in [3.8, 4) is 23.6 Å². The number of benzene rings is 2. The summed E-state index contributed by atoms with van der Waals surface area (Å²) < 4.78 is 13.6. The van der Waals surface area contributed by atoms with Gasteiger partial charge in [0.15, 0.2) is 11.5 Å². The third-order valence-corrected chi connectivity index (χ3v) is 2.94. The van der Waals surface area contributed by atoms with Crippen LogP contribution in [0, 0.1) is 28.5 Å². The van der Waals surface area contributed by atoms with E-state index in [1.807, 2.05) is 6.07 Å². The normalized spacial score (nSPS) is 9.75. The first-order valence-electron chi connectivity index (χ1n) is 5.70. The van der Waals surface area contributed by atoms with Gasteiger partial charge in [-0.25, -0.2) is 4.39 Å². The van der Waals surface area contributed by atoms with Gasteiger partial charge in [-0.15, -0.1) is 0 Å². The van der Waals surface area contributed by atoms with Gasteiger partial charge in [-0.3, -0.25) is 0 Å². The van der Waals surface area contributed by atoms with Crippen LogP contribution in [-0.2, 0) is 6.42 Å². The quantitative estimate of drug-likeness (QED) is 0.819. The van der Waals surface area contributed by atoms with Crippen molar-refractivity contribution in [3.63, 3.8) is 0 Å². The number of halogens is 1. The lowest BCUT2D eigenvalue weighted by molar-refractivity contribution is 0.402. The lowest BCUT2D eigenvalue weighted by Gasteiger charge is -2.10. The zero-order chi connectivity index (χ0) is 14.7. The fourth-order valence-corrected chi connectivity index (χ4v) is 1.93. The molecule has 2 N–H and O–H groups in total. The maximum Gasteiger partial charge on any atom is 0.175 e. The van der Waals surface area contributed by atoms with Gasteiger partial charge in [0.05, 0.1) is 11.6 Å². The van der Waals surface area contributed by atoms with E-state index in [0.717, 1.165) is 6.07 Å². The molecule has 2 aromatic rings. The lowest BCUT2D eigenvalue weighted by atomic mass is 9.94. The Hall–Kier alpha value is -3.05. The Morgan fingerprint density at radius 3 is 2.40 bits per heavy atom. The third-order valence-electron chi connectivity index (χ3n) is 2.94. The van der Waals surface area contributed by atoms with Gasteiger partial charge in [0.2, 0.25) is 0 Å². The molecular formula is C15H9FN2O2. The standard InChI is InChI=1S/C15H9FN2O2/c16-13-4-2-1-3-9(13)5-11-10(7-17)6-14(19)15(20)12(11)8-18/h1-4,6,19-20H,5H2. The summed E-state index contributed by atoms with van der Waals surface area (Å²) in [6, 6.07) is 10.6. The Morgan fingerprint density at radius 2 is 1.80 bits per heavy atom. The fourth-order valence-electron chi connectivity index (χ4n) is 1.93. The molecule has 0 radical (unpaired) electrons. The minimum absolute atomic E-state index is 0.0215. The van der Waals surface area contributed by atoms with Crippen molar-refractivity contribution in [1.29, 1.82) is 10.5 Å². The number of aromatic hydroxyl groups is 2. The Bertz CT molecular complexity index is 758. The van der Waals surface area contributed by atoms with Crippen LogP contribution in [0.15, 0.2) is 30.3 Å². The Labute approximate surface area is 114 Å². The molecule has 0 spiro atoms. The predicted molar refractivity (Wildman–Crippen MR) is 68.4 cm³/mol. The number of phenolic OH excluding ortho intramolecular Hbond substituents is 2. The largest absolute Gasteiger partial charge is 0.504 e. The van der Waals surface area contributed by atoms with E-state index < -0.39 is 17.3 Å². The topological polar surface area (TPSA) is 88.0 Å². The molecule has 0 amide bonds. The molecule has 2 aromatic carbocycles. The summed E-state index contributed by atoms with van der Waals surface area (Å²) in [6.07, 6.45) is -0.0215. The van der Waals surface area contributed by atoms with Crippen molar-refractivity contribution in [2.24, 2.45) is 0 Å². The van der Waals surface area contributed by atoms with E-state index in [2.05, 4.69) is 0 Å². The summed E-state index contributed by atoms with van der Waals surface area (Å²) >= 11 is 0. The summed E-state index contributed by atoms with van der Waals surface area (Å²) in [5.41, 5.74) is 0.297. The van der Waals surface area contributed by atoms with Crippen LogP contribution in [0.3, 0.4) is 0 Å². The number of phenols is 2. The van der Waals surface area contributed by atoms with E-state index in [-0.39, 0.29) is 23.1 Å². The van der Waals surface area contributed by atoms with Gasteiger partial charge in [0, 0.05) is 12.5 Å². The summed E-state index contributed by atoms with van der Waals surface area (Å²) in [5.74, 6) is -1.61. The molecule has 0 atom stereocenters. The Kier molecular flexibility index (Phi) is 3.54. The van der Waals surface area contributed by atoms with Crippen LogP contribution >= 0.6 is 0 Å². The molecule has 0 aliphatic heterocycles. The summed E-state index contributed by atoms with van der Waals surface area (Å²) in [5, 5.41) is 37.3. The van der Waals surface area contributed by atoms with Crippen LogP contribution in [0.2, 0.25) is 0 Å². The van der Waals surface area contributed by atoms with E-state index in [9.17, 15) is 14.6 Å². The predicted octanol–water partition coefficient (Wildman–Crippen LogP) is 2.57. The van der Waals surface area contributed by atoms with Gasteiger partial charge in [-0.1, -0.05) is 18.2 Å². The second-order valence-corrected chi connectivity index (χ2v) is 4.14. The van der Waals surface area contributed by atoms with Crippen LogP contribution < -0.4 is 0 Å². The van der Waals surface area contributed by atoms with Crippen LogP contribution in [0.25, 0.3) is 0 Å². The van der Waals surface area contributed by atoms with Gasteiger partial charge in [0.1, 0.15) is 17.4 Å². The average Bonchev–Trinajstić information content (AvgIpc) is 2.45. The highest BCUT2D eigenvalue weighted by Crippen LogP contribution is 2.34. The second kappa shape index (κ2) is 5.29. The molecule has 4 nitrogen and oxygen atoms in total. The average molecular weight is 268 g/mol. The van der Waals surface area contributed by atoms with Crippen LogP contribution in [-0.4, -0.2) is 10.2 Å². The summed E-state index contributed by atoms with van der Waals surface area (Å²) in [7, 11) is 0. The first kappa shape index (κ1) is 13.4. The molecule has 0 aromatic heterocycles. The number of hydrogen-bond donors (Lipinski definition) is 2. The van der Waals surface area contributed by atoms with Gasteiger partial charge < -0.3 is 10.2 Å². The number of hydrogen-bond acceptors (Lipinski definition) is 4. The molecule has 0 aliphatic carbocycles. The Morgan fingerprint density at radius 1 is 1.10 bits per heavy atom. The summed E-state index contributed by atoms with van der Waals surface area (Å²) in [4.78, 5) is 0. The number of rotatable bonds is 2. The molecule has 98 valence electrons. The molecule has 0 fully saturated rings. The zero-order valence-corrected chi connectivity index (χ0v) is 10.3. The molecule has 5 heteroatoms. The molecule has 20 heavy (non-hydrogen) atoms. The van der Waals surface area contributed by atoms with Crippen molar-refractivity contribution in [2.45, 2.75) is 6.42 Å². The first-order chi connectivity index (χ1) is 9.58. The van der Waals surface area contributed by atoms with Crippen molar-refractivity contribution < 1.29 is 14.6 Å². The molecule has 0 saturated carbocycles. The van der Waals surface area contributed by atoms with Gasteiger partial charge >= 0.3 is 0 Å². The van der Waals surface area contributed by atoms with E-state index in [1.165, 1.54) is 18.2 Å². The first-order valence-corrected chi connectivity index (χ1v) is 5.70. The highest BCUT2D eigenvalue weighted by Gasteiger charge is 2.18. The zero-order valence-electron chi connectivity index (χ0n) is 10.3. The minimum atomic E-state index is -0.599. The van der Waals surface area contributed by atoms with E-state index in [4.69, 9.17) is 10.5 Å². The van der Waals surface area contributed by atoms with Crippen LogP contribution in [0.4, 0.5) is 4.39 Å². The lowest BCUT2D eigenvalue weighted by Crippen LogP contribution is -2.00. The van der Waals surface area contributed by atoms with E-state index in [0.29, 0.717) is 5.56 Å². The molecule has 0 heterocycles. The smallest absolute Gasteiger partial charge is 0.175 e. The molecule has 0 bridgehead atoms. The third kappa shape index (κ3) is 2.25. The van der Waals surface area contributed by atoms with Crippen molar-refractivity contribution in [2.75, 3.05) is 0 Å². The second-order valence-electron chi connectivity index (χ2n) is 4.14. The van der Waals surface area contributed by atoms with E-state index in [1.54, 1.807) is 12.1 Å². The molecule has 0 unspecified atom stereocenters. The van der Waals surface area contributed by atoms with Crippen molar-refractivity contribution >= 4 is 0 Å². The fraction of sp³-hybridized carbons (Fsp3) is 0.0667. The van der Waals surface area contributed by atoms with Crippen molar-refractivity contribution in [1.82, 2.24) is 0 Å². The maximum atomic E-state index is 13.6. The number of nitriles is 2. The highest BCUT2D eigenvalue weighted by molar-refractivity contribution is 5.62. The van der Waals surface area contributed by atoms with Crippen LogP contribution in [0.1, 0.15) is 22.3 Å². The number of nitrogens with zero attached hydrogens (tertiary/aromatic N) is 2. The van der Waals surface area contributed by atoms with E-state index >= 15 is 0 Å². The molecule has 0 saturated heterocycles. The molecule has 2 rings (SSSR count). The highest BCUT2D eigenvalue weighted by atomic mass is 19.1. The van der Waals surface area contributed by atoms with Gasteiger partial charge in [0.25, 0.3) is 0 Å². The summed E-state index contributed by atoms with van der Waals surface area (Å²) in [6.45, 7) is 0. The SMILES string of the molecule is N#Cc1cc(O)c(O)c(C#N)c1Cc1ccccc1F. The maximum absolute atomic E-state index is 13.6. The van der Waals surface area contributed by atoms with Gasteiger partial charge in [-0.2, -0.15) is 10.5 Å². The monoisotopic (exact) mass is 268 g/mol. The minimum Gasteiger partial charge on any atom is -0.504 e.